The van der Waals surface area contributed by atoms with E-state index in [1.54, 1.807) is 42.1 Å². The minimum absolute atomic E-state index is 0.0456. The molecule has 9 nitrogen and oxygen atoms in total. The van der Waals surface area contributed by atoms with Crippen LogP contribution in [0.2, 0.25) is 0 Å². The van der Waals surface area contributed by atoms with Gasteiger partial charge in [0, 0.05) is 74.6 Å². The summed E-state index contributed by atoms with van der Waals surface area (Å²) in [6.07, 6.45) is 7.48. The van der Waals surface area contributed by atoms with Crippen LogP contribution in [-0.2, 0) is 16.8 Å². The molecule has 4 heterocycles. The first-order valence-electron chi connectivity index (χ1n) is 11.1. The smallest absolute Gasteiger partial charge is 0.259 e. The second-order valence-electron chi connectivity index (χ2n) is 8.78. The summed E-state index contributed by atoms with van der Waals surface area (Å²) in [6, 6.07) is 2.93. The number of amides is 1. The molecule has 0 aromatic carbocycles. The maximum absolute atomic E-state index is 14.0. The van der Waals surface area contributed by atoms with Crippen molar-refractivity contribution in [1.29, 1.82) is 4.78 Å². The van der Waals surface area contributed by atoms with Crippen molar-refractivity contribution in [2.75, 3.05) is 29.6 Å². The van der Waals surface area contributed by atoms with E-state index < -0.39 is 21.6 Å². The molecule has 2 N–H and O–H groups in total. The first kappa shape index (κ1) is 24.7. The fourth-order valence-electron chi connectivity index (χ4n) is 4.12. The number of halogens is 2. The second kappa shape index (κ2) is 9.33. The molecule has 3 aromatic rings. The van der Waals surface area contributed by atoms with Crippen molar-refractivity contribution >= 4 is 27.1 Å². The molecule has 1 saturated heterocycles. The maximum Gasteiger partial charge on any atom is 0.259 e. The van der Waals surface area contributed by atoms with Crippen LogP contribution in [0, 0.1) is 11.7 Å². The summed E-state index contributed by atoms with van der Waals surface area (Å²) < 4.78 is 49.6. The Bertz CT molecular complexity index is 1370. The van der Waals surface area contributed by atoms with Crippen molar-refractivity contribution in [3.05, 3.63) is 48.0 Å². The zero-order chi connectivity index (χ0) is 25.4. The highest BCUT2D eigenvalue weighted by Gasteiger charge is 2.33. The van der Waals surface area contributed by atoms with Crippen LogP contribution in [0.1, 0.15) is 35.2 Å². The molecule has 0 radical (unpaired) electrons. The van der Waals surface area contributed by atoms with E-state index in [0.717, 1.165) is 5.56 Å². The number of pyridine rings is 2. The number of carbonyl (C=O) groups excluding carboxylic acids is 1. The number of aryl methyl sites for hydroxylation is 1. The number of anilines is 2. The molecule has 0 spiro atoms. The first-order valence-corrected chi connectivity index (χ1v) is 13.0. The monoisotopic (exact) mass is 503 g/mol. The molecule has 4 rings (SSSR count). The van der Waals surface area contributed by atoms with Crippen LogP contribution in [0.3, 0.4) is 0 Å². The van der Waals surface area contributed by atoms with Crippen molar-refractivity contribution in [2.45, 2.75) is 37.1 Å². The number of alkyl halides is 2. The largest absolute Gasteiger partial charge is 0.356 e. The van der Waals surface area contributed by atoms with E-state index >= 15 is 0 Å². The van der Waals surface area contributed by atoms with Gasteiger partial charge in [0.2, 0.25) is 5.92 Å². The standard InChI is InChI=1S/C23H27F2N7O2S/c1-15-18(16-12-29-31(2)14-16)13-28-21(32-9-4-6-23(24,25)7-10-32)20(15)22(33)30-17-5-8-27-19(11-17)35(3,26)34/h5,8,11-14,26H,4,6-7,9-10H2,1-3H3,(H,27,30,33). The molecular weight excluding hydrogens is 476 g/mol. The molecule has 1 fully saturated rings. The van der Waals surface area contributed by atoms with Crippen molar-refractivity contribution in [2.24, 2.45) is 7.05 Å². The van der Waals surface area contributed by atoms with Crippen LogP contribution in [0.4, 0.5) is 20.3 Å². The zero-order valence-electron chi connectivity index (χ0n) is 19.7. The van der Waals surface area contributed by atoms with E-state index in [2.05, 4.69) is 20.4 Å². The Hall–Kier alpha value is -3.41. The van der Waals surface area contributed by atoms with Gasteiger partial charge in [-0.1, -0.05) is 0 Å². The van der Waals surface area contributed by atoms with Crippen LogP contribution in [-0.4, -0.2) is 55.1 Å². The minimum atomic E-state index is -3.08. The average Bonchev–Trinajstić information content (AvgIpc) is 3.12. The fourth-order valence-corrected chi connectivity index (χ4v) is 4.74. The predicted molar refractivity (Wildman–Crippen MR) is 129 cm³/mol. The third kappa shape index (κ3) is 5.47. The normalized spacial score (nSPS) is 17.5. The number of carbonyl (C=O) groups is 1. The lowest BCUT2D eigenvalue weighted by molar-refractivity contribution is -0.0102. The average molecular weight is 504 g/mol. The summed E-state index contributed by atoms with van der Waals surface area (Å²) in [6.45, 7) is 2.21. The van der Waals surface area contributed by atoms with Crippen molar-refractivity contribution in [1.82, 2.24) is 19.7 Å². The Labute approximate surface area is 202 Å². The molecule has 0 saturated carbocycles. The SMILES string of the molecule is Cc1c(-c2cnn(C)c2)cnc(N2CCCC(F)(F)CC2)c1C(=O)Nc1ccnc(S(C)(=N)=O)c1. The summed E-state index contributed by atoms with van der Waals surface area (Å²) in [7, 11) is -1.30. The van der Waals surface area contributed by atoms with E-state index in [-0.39, 0.29) is 36.4 Å². The van der Waals surface area contributed by atoms with Gasteiger partial charge in [0.15, 0.2) is 0 Å². The van der Waals surface area contributed by atoms with E-state index in [1.165, 1.54) is 24.6 Å². The Kier molecular flexibility index (Phi) is 6.58. The van der Waals surface area contributed by atoms with Gasteiger partial charge in [0.1, 0.15) is 10.8 Å². The van der Waals surface area contributed by atoms with E-state index in [0.29, 0.717) is 29.2 Å². The number of nitrogens with zero attached hydrogens (tertiary/aromatic N) is 5. The molecule has 1 amide bonds. The van der Waals surface area contributed by atoms with Crippen LogP contribution < -0.4 is 10.2 Å². The van der Waals surface area contributed by atoms with E-state index in [1.807, 2.05) is 0 Å². The van der Waals surface area contributed by atoms with Crippen molar-refractivity contribution in [3.63, 3.8) is 0 Å². The highest BCUT2D eigenvalue weighted by Crippen LogP contribution is 2.34. The van der Waals surface area contributed by atoms with Gasteiger partial charge in [-0.2, -0.15) is 5.10 Å². The maximum atomic E-state index is 14.0. The molecule has 35 heavy (non-hydrogen) atoms. The number of rotatable bonds is 5. The van der Waals surface area contributed by atoms with Crippen LogP contribution >= 0.6 is 0 Å². The number of hydrogen-bond acceptors (Lipinski definition) is 7. The molecule has 1 aliphatic heterocycles. The van der Waals surface area contributed by atoms with Crippen LogP contribution in [0.25, 0.3) is 11.1 Å². The quantitative estimate of drug-likeness (QED) is 0.542. The van der Waals surface area contributed by atoms with Gasteiger partial charge < -0.3 is 10.2 Å². The summed E-state index contributed by atoms with van der Waals surface area (Å²) >= 11 is 0. The van der Waals surface area contributed by atoms with E-state index in [9.17, 15) is 17.8 Å². The second-order valence-corrected chi connectivity index (χ2v) is 10.9. The molecule has 186 valence electrons. The van der Waals surface area contributed by atoms with Gasteiger partial charge in [-0.05, 0) is 31.0 Å². The van der Waals surface area contributed by atoms with Gasteiger partial charge >= 0.3 is 0 Å². The third-order valence-electron chi connectivity index (χ3n) is 5.97. The summed E-state index contributed by atoms with van der Waals surface area (Å²) in [5, 5.41) is 7.02. The Balaban J connectivity index is 1.77. The highest BCUT2D eigenvalue weighted by atomic mass is 32.2. The zero-order valence-corrected chi connectivity index (χ0v) is 20.5. The lowest BCUT2D eigenvalue weighted by atomic mass is 9.99. The number of aromatic nitrogens is 4. The van der Waals surface area contributed by atoms with Crippen LogP contribution in [0.15, 0.2) is 41.9 Å². The molecule has 1 unspecified atom stereocenters. The molecule has 0 aliphatic carbocycles. The van der Waals surface area contributed by atoms with Crippen LogP contribution in [0.5, 0.6) is 0 Å². The molecule has 0 bridgehead atoms. The predicted octanol–water partition coefficient (Wildman–Crippen LogP) is 4.10. The van der Waals surface area contributed by atoms with E-state index in [4.69, 9.17) is 4.78 Å². The first-order chi connectivity index (χ1) is 16.4. The summed E-state index contributed by atoms with van der Waals surface area (Å²) in [5.74, 6) is -2.91. The molecule has 1 atom stereocenters. The Morgan fingerprint density at radius 1 is 1.23 bits per heavy atom. The molecule has 12 heteroatoms. The Morgan fingerprint density at radius 2 is 2.00 bits per heavy atom. The van der Waals surface area contributed by atoms with Gasteiger partial charge in [-0.15, -0.1) is 0 Å². The highest BCUT2D eigenvalue weighted by molar-refractivity contribution is 7.91. The summed E-state index contributed by atoms with van der Waals surface area (Å²) in [5.41, 5.74) is 2.68. The molecule has 1 aliphatic rings. The minimum Gasteiger partial charge on any atom is -0.356 e. The van der Waals surface area contributed by atoms with Crippen molar-refractivity contribution in [3.8, 4) is 11.1 Å². The molecular formula is C23H27F2N7O2S. The number of hydrogen-bond donors (Lipinski definition) is 2. The molecule has 3 aromatic heterocycles. The number of nitrogens with one attached hydrogen (secondary N) is 2. The topological polar surface area (TPSA) is 117 Å². The van der Waals surface area contributed by atoms with Gasteiger partial charge in [-0.25, -0.2) is 27.7 Å². The fraction of sp³-hybridized carbons (Fsp3) is 0.391. The third-order valence-corrected chi connectivity index (χ3v) is 6.99. The lowest BCUT2D eigenvalue weighted by Crippen LogP contribution is -2.30. The van der Waals surface area contributed by atoms with Gasteiger partial charge in [0.25, 0.3) is 5.91 Å². The van der Waals surface area contributed by atoms with Gasteiger partial charge in [-0.3, -0.25) is 9.48 Å². The Morgan fingerprint density at radius 3 is 2.69 bits per heavy atom. The summed E-state index contributed by atoms with van der Waals surface area (Å²) in [4.78, 5) is 23.8. The van der Waals surface area contributed by atoms with Gasteiger partial charge in [0.05, 0.1) is 21.5 Å². The van der Waals surface area contributed by atoms with Crippen molar-refractivity contribution < 1.29 is 17.8 Å². The lowest BCUT2D eigenvalue weighted by Gasteiger charge is -2.25.